The number of hydrogen-bond donors (Lipinski definition) is 1. The first-order valence-electron chi connectivity index (χ1n) is 6.73. The largest absolute Gasteiger partial charge is 0.325 e. The van der Waals surface area contributed by atoms with Crippen molar-refractivity contribution < 1.29 is 13.6 Å². The third-order valence-corrected chi connectivity index (χ3v) is 3.78. The van der Waals surface area contributed by atoms with Gasteiger partial charge in [-0.3, -0.25) is 4.79 Å². The van der Waals surface area contributed by atoms with E-state index in [1.165, 1.54) is 12.5 Å². The van der Waals surface area contributed by atoms with Gasteiger partial charge in [0.15, 0.2) is 11.6 Å². The smallest absolute Gasteiger partial charge is 0.159 e. The van der Waals surface area contributed by atoms with Gasteiger partial charge in [0.1, 0.15) is 5.78 Å². The van der Waals surface area contributed by atoms with Gasteiger partial charge in [-0.1, -0.05) is 25.3 Å². The summed E-state index contributed by atoms with van der Waals surface area (Å²) in [4.78, 5) is 12.0. The molecule has 0 aliphatic heterocycles. The molecular weight excluding hydrogens is 248 g/mol. The molecule has 1 aromatic carbocycles. The number of hydrogen-bond acceptors (Lipinski definition) is 2. The van der Waals surface area contributed by atoms with E-state index >= 15 is 0 Å². The van der Waals surface area contributed by atoms with Crippen LogP contribution in [0.5, 0.6) is 0 Å². The topological polar surface area (TPSA) is 43.1 Å². The molecule has 2 rings (SSSR count). The van der Waals surface area contributed by atoms with E-state index in [1.54, 1.807) is 0 Å². The van der Waals surface area contributed by atoms with Crippen molar-refractivity contribution in [3.05, 3.63) is 35.4 Å². The minimum Gasteiger partial charge on any atom is -0.325 e. The first-order chi connectivity index (χ1) is 8.98. The number of carbonyl (C=O) groups is 1. The summed E-state index contributed by atoms with van der Waals surface area (Å²) >= 11 is 0. The number of rotatable bonds is 4. The van der Waals surface area contributed by atoms with Gasteiger partial charge in [0, 0.05) is 18.4 Å². The van der Waals surface area contributed by atoms with Gasteiger partial charge in [-0.25, -0.2) is 8.78 Å². The Balaban J connectivity index is 1.95. The van der Waals surface area contributed by atoms with Crippen molar-refractivity contribution in [1.29, 1.82) is 0 Å². The Kier molecular flexibility index (Phi) is 4.30. The molecule has 0 spiro atoms. The Morgan fingerprint density at radius 2 is 1.84 bits per heavy atom. The number of benzene rings is 1. The molecule has 19 heavy (non-hydrogen) atoms. The van der Waals surface area contributed by atoms with Crippen LogP contribution in [0, 0.1) is 11.6 Å². The second-order valence-corrected chi connectivity index (χ2v) is 5.56. The highest BCUT2D eigenvalue weighted by Gasteiger charge is 2.29. The Labute approximate surface area is 112 Å². The summed E-state index contributed by atoms with van der Waals surface area (Å²) in [7, 11) is 0. The lowest BCUT2D eigenvalue weighted by Crippen LogP contribution is -2.43. The Morgan fingerprint density at radius 1 is 1.16 bits per heavy atom. The minimum absolute atomic E-state index is 0.00425. The standard InChI is InChI=1S/C15H19F2NO/c16-13-5-4-11(9-14(13)17)8-12(19)10-15(18)6-2-1-3-7-15/h4-5,9H,1-3,6-8,10,18H2. The summed E-state index contributed by atoms with van der Waals surface area (Å²) in [6.45, 7) is 0. The number of nitrogens with two attached hydrogens (primary N) is 1. The van der Waals surface area contributed by atoms with Gasteiger partial charge in [0.2, 0.25) is 0 Å². The molecule has 2 N–H and O–H groups in total. The quantitative estimate of drug-likeness (QED) is 0.910. The van der Waals surface area contributed by atoms with E-state index in [4.69, 9.17) is 5.73 Å². The second kappa shape index (κ2) is 5.78. The fourth-order valence-corrected chi connectivity index (χ4v) is 2.77. The van der Waals surface area contributed by atoms with E-state index in [0.717, 1.165) is 37.8 Å². The lowest BCUT2D eigenvalue weighted by molar-refractivity contribution is -0.119. The zero-order chi connectivity index (χ0) is 13.9. The van der Waals surface area contributed by atoms with E-state index in [2.05, 4.69) is 0 Å². The number of ketones is 1. The molecular formula is C15H19F2NO. The fraction of sp³-hybridized carbons (Fsp3) is 0.533. The van der Waals surface area contributed by atoms with E-state index < -0.39 is 17.2 Å². The molecule has 1 fully saturated rings. The molecule has 0 bridgehead atoms. The predicted molar refractivity (Wildman–Crippen MR) is 69.7 cm³/mol. The van der Waals surface area contributed by atoms with Crippen molar-refractivity contribution in [2.75, 3.05) is 0 Å². The molecule has 1 aliphatic rings. The molecule has 0 unspecified atom stereocenters. The van der Waals surface area contributed by atoms with Crippen molar-refractivity contribution in [2.24, 2.45) is 5.73 Å². The van der Waals surface area contributed by atoms with Crippen LogP contribution in [-0.2, 0) is 11.2 Å². The first kappa shape index (κ1) is 14.1. The summed E-state index contributed by atoms with van der Waals surface area (Å²) in [5, 5.41) is 0. The van der Waals surface area contributed by atoms with Gasteiger partial charge < -0.3 is 5.73 Å². The molecule has 0 radical (unpaired) electrons. The summed E-state index contributed by atoms with van der Waals surface area (Å²) in [6, 6.07) is 3.58. The van der Waals surface area contributed by atoms with E-state index in [1.807, 2.05) is 0 Å². The molecule has 1 saturated carbocycles. The summed E-state index contributed by atoms with van der Waals surface area (Å²) in [5.41, 5.74) is 6.32. The van der Waals surface area contributed by atoms with Crippen LogP contribution in [0.15, 0.2) is 18.2 Å². The third kappa shape index (κ3) is 3.83. The van der Waals surface area contributed by atoms with Crippen LogP contribution in [-0.4, -0.2) is 11.3 Å². The van der Waals surface area contributed by atoms with Gasteiger partial charge in [-0.15, -0.1) is 0 Å². The van der Waals surface area contributed by atoms with Crippen LogP contribution in [0.1, 0.15) is 44.1 Å². The molecule has 0 amide bonds. The summed E-state index contributed by atoms with van der Waals surface area (Å²) in [6.07, 6.45) is 5.50. The lowest BCUT2D eigenvalue weighted by atomic mass is 9.78. The maximum Gasteiger partial charge on any atom is 0.159 e. The maximum atomic E-state index is 13.1. The van der Waals surface area contributed by atoms with E-state index in [0.29, 0.717) is 12.0 Å². The SMILES string of the molecule is NC1(CC(=O)Cc2ccc(F)c(F)c2)CCCCC1. The van der Waals surface area contributed by atoms with E-state index in [-0.39, 0.29) is 12.2 Å². The van der Waals surface area contributed by atoms with Crippen molar-refractivity contribution >= 4 is 5.78 Å². The molecule has 2 nitrogen and oxygen atoms in total. The second-order valence-electron chi connectivity index (χ2n) is 5.56. The number of carbonyl (C=O) groups excluding carboxylic acids is 1. The lowest BCUT2D eigenvalue weighted by Gasteiger charge is -2.32. The molecule has 104 valence electrons. The van der Waals surface area contributed by atoms with E-state index in [9.17, 15) is 13.6 Å². The molecule has 0 aromatic heterocycles. The van der Waals surface area contributed by atoms with Crippen LogP contribution in [0.3, 0.4) is 0 Å². The van der Waals surface area contributed by atoms with Crippen LogP contribution in [0.25, 0.3) is 0 Å². The Hall–Kier alpha value is -1.29. The zero-order valence-electron chi connectivity index (χ0n) is 10.9. The van der Waals surface area contributed by atoms with Crippen molar-refractivity contribution in [2.45, 2.75) is 50.5 Å². The van der Waals surface area contributed by atoms with Gasteiger partial charge in [0.05, 0.1) is 0 Å². The molecule has 1 aromatic rings. The summed E-state index contributed by atoms with van der Waals surface area (Å²) < 4.78 is 25.8. The van der Waals surface area contributed by atoms with Crippen LogP contribution < -0.4 is 5.73 Å². The van der Waals surface area contributed by atoms with Crippen molar-refractivity contribution in [3.63, 3.8) is 0 Å². The monoisotopic (exact) mass is 267 g/mol. The Bertz CT molecular complexity index is 467. The van der Waals surface area contributed by atoms with Gasteiger partial charge >= 0.3 is 0 Å². The minimum atomic E-state index is -0.912. The molecule has 4 heteroatoms. The molecule has 0 heterocycles. The summed E-state index contributed by atoms with van der Waals surface area (Å²) in [5.74, 6) is -1.81. The number of halogens is 2. The van der Waals surface area contributed by atoms with Gasteiger partial charge in [0.25, 0.3) is 0 Å². The van der Waals surface area contributed by atoms with Gasteiger partial charge in [-0.05, 0) is 30.5 Å². The van der Waals surface area contributed by atoms with Crippen LogP contribution in [0.2, 0.25) is 0 Å². The average molecular weight is 267 g/mol. The highest BCUT2D eigenvalue weighted by atomic mass is 19.2. The average Bonchev–Trinajstić information content (AvgIpc) is 2.34. The number of Topliss-reactive ketones (excluding diaryl/α,β-unsaturated/α-hetero) is 1. The highest BCUT2D eigenvalue weighted by Crippen LogP contribution is 2.29. The zero-order valence-corrected chi connectivity index (χ0v) is 10.9. The predicted octanol–water partition coefficient (Wildman–Crippen LogP) is 3.13. The molecule has 1 aliphatic carbocycles. The third-order valence-electron chi connectivity index (χ3n) is 3.78. The van der Waals surface area contributed by atoms with Crippen molar-refractivity contribution in [3.8, 4) is 0 Å². The fourth-order valence-electron chi connectivity index (χ4n) is 2.77. The van der Waals surface area contributed by atoms with Gasteiger partial charge in [-0.2, -0.15) is 0 Å². The molecule has 0 saturated heterocycles. The van der Waals surface area contributed by atoms with Crippen LogP contribution >= 0.6 is 0 Å². The van der Waals surface area contributed by atoms with Crippen LogP contribution in [0.4, 0.5) is 8.78 Å². The highest BCUT2D eigenvalue weighted by molar-refractivity contribution is 5.82. The first-order valence-corrected chi connectivity index (χ1v) is 6.73. The normalized spacial score (nSPS) is 18.3. The maximum absolute atomic E-state index is 13.1. The van der Waals surface area contributed by atoms with Crippen molar-refractivity contribution in [1.82, 2.24) is 0 Å². The Morgan fingerprint density at radius 3 is 2.47 bits per heavy atom. The molecule has 0 atom stereocenters.